The van der Waals surface area contributed by atoms with Gasteiger partial charge in [0.05, 0.1) is 13.2 Å². The second kappa shape index (κ2) is 9.74. The third kappa shape index (κ3) is 7.06. The molecule has 0 aliphatic heterocycles. The first-order valence-electron chi connectivity index (χ1n) is 7.45. The number of hydrogen-bond acceptors (Lipinski definition) is 3. The molecule has 0 heterocycles. The Balaban J connectivity index is 0.00000264. The fraction of sp³-hybridized carbons (Fsp3) is 0.278. The third-order valence-electron chi connectivity index (χ3n) is 2.93. The lowest BCUT2D eigenvalue weighted by Crippen LogP contribution is -2.21. The van der Waals surface area contributed by atoms with Gasteiger partial charge in [-0.15, -0.1) is 12.4 Å². The van der Waals surface area contributed by atoms with Crippen LogP contribution in [0.2, 0.25) is 0 Å². The van der Waals surface area contributed by atoms with Gasteiger partial charge < -0.3 is 15.4 Å². The molecule has 2 aromatic carbocycles. The summed E-state index contributed by atoms with van der Waals surface area (Å²) in [5.74, 6) is 1.14. The van der Waals surface area contributed by atoms with E-state index in [1.165, 1.54) is 0 Å². The summed E-state index contributed by atoms with van der Waals surface area (Å²) in [6.45, 7) is 5.08. The molecule has 23 heavy (non-hydrogen) atoms. The van der Waals surface area contributed by atoms with E-state index < -0.39 is 0 Å². The van der Waals surface area contributed by atoms with E-state index >= 15 is 0 Å². The number of para-hydroxylation sites is 1. The summed E-state index contributed by atoms with van der Waals surface area (Å²) in [7, 11) is 0. The van der Waals surface area contributed by atoms with Crippen molar-refractivity contribution in [2.75, 3.05) is 23.8 Å². The second-order valence-corrected chi connectivity index (χ2v) is 5.50. The van der Waals surface area contributed by atoms with Gasteiger partial charge >= 0.3 is 0 Å². The first-order chi connectivity index (χ1) is 10.6. The van der Waals surface area contributed by atoms with Crippen molar-refractivity contribution in [1.82, 2.24) is 0 Å². The molecular formula is C18H23ClN2O2. The van der Waals surface area contributed by atoms with Crippen molar-refractivity contribution in [3.05, 3.63) is 54.6 Å². The number of anilines is 2. The van der Waals surface area contributed by atoms with Gasteiger partial charge in [0.15, 0.2) is 0 Å². The first-order valence-corrected chi connectivity index (χ1v) is 7.45. The van der Waals surface area contributed by atoms with E-state index in [0.717, 1.165) is 17.1 Å². The topological polar surface area (TPSA) is 50.4 Å². The standard InChI is InChI=1S/C18H22N2O2.ClH/c1-14(2)13-22-17-10-6-9-16(11-17)20-18(21)12-19-15-7-4-3-5-8-15;/h3-11,14,19H,12-13H2,1-2H3,(H,20,21);1H. The van der Waals surface area contributed by atoms with Crippen LogP contribution in [0.1, 0.15) is 13.8 Å². The quantitative estimate of drug-likeness (QED) is 0.798. The Kier molecular flexibility index (Phi) is 7.98. The largest absolute Gasteiger partial charge is 0.493 e. The highest BCUT2D eigenvalue weighted by molar-refractivity contribution is 5.93. The molecule has 0 saturated heterocycles. The zero-order valence-electron chi connectivity index (χ0n) is 13.4. The molecule has 0 spiro atoms. The van der Waals surface area contributed by atoms with Crippen LogP contribution in [-0.4, -0.2) is 19.1 Å². The summed E-state index contributed by atoms with van der Waals surface area (Å²) in [6, 6.07) is 17.1. The number of amides is 1. The molecule has 124 valence electrons. The first kappa shape index (κ1) is 18.8. The highest BCUT2D eigenvalue weighted by Gasteiger charge is 2.04. The van der Waals surface area contributed by atoms with Gasteiger partial charge in [-0.3, -0.25) is 4.79 Å². The van der Waals surface area contributed by atoms with Crippen molar-refractivity contribution in [3.63, 3.8) is 0 Å². The molecule has 2 N–H and O–H groups in total. The van der Waals surface area contributed by atoms with Crippen LogP contribution in [-0.2, 0) is 4.79 Å². The van der Waals surface area contributed by atoms with Crippen molar-refractivity contribution >= 4 is 29.7 Å². The van der Waals surface area contributed by atoms with E-state index in [2.05, 4.69) is 24.5 Å². The molecule has 0 saturated carbocycles. The minimum Gasteiger partial charge on any atom is -0.493 e. The van der Waals surface area contributed by atoms with Crippen LogP contribution in [0.25, 0.3) is 0 Å². The SMILES string of the molecule is CC(C)COc1cccc(NC(=O)CNc2ccccc2)c1.Cl. The van der Waals surface area contributed by atoms with Crippen molar-refractivity contribution in [2.24, 2.45) is 5.92 Å². The summed E-state index contributed by atoms with van der Waals surface area (Å²) in [6.07, 6.45) is 0. The van der Waals surface area contributed by atoms with Gasteiger partial charge in [-0.1, -0.05) is 38.1 Å². The number of hydrogen-bond donors (Lipinski definition) is 2. The van der Waals surface area contributed by atoms with Crippen LogP contribution in [0.15, 0.2) is 54.6 Å². The van der Waals surface area contributed by atoms with Gasteiger partial charge in [0.1, 0.15) is 5.75 Å². The minimum atomic E-state index is -0.0927. The van der Waals surface area contributed by atoms with Crippen LogP contribution in [0, 0.1) is 5.92 Å². The van der Waals surface area contributed by atoms with Crippen LogP contribution in [0.3, 0.4) is 0 Å². The van der Waals surface area contributed by atoms with E-state index in [4.69, 9.17) is 4.74 Å². The van der Waals surface area contributed by atoms with E-state index in [0.29, 0.717) is 12.5 Å². The van der Waals surface area contributed by atoms with Crippen molar-refractivity contribution in [2.45, 2.75) is 13.8 Å². The van der Waals surface area contributed by atoms with Crippen LogP contribution < -0.4 is 15.4 Å². The maximum atomic E-state index is 11.9. The Morgan fingerprint density at radius 2 is 1.74 bits per heavy atom. The van der Waals surface area contributed by atoms with Gasteiger partial charge in [-0.05, 0) is 30.2 Å². The zero-order chi connectivity index (χ0) is 15.8. The van der Waals surface area contributed by atoms with Crippen molar-refractivity contribution in [3.8, 4) is 5.75 Å². The normalized spacial score (nSPS) is 9.87. The minimum absolute atomic E-state index is 0. The molecule has 0 radical (unpaired) electrons. The molecule has 0 aromatic heterocycles. The number of halogens is 1. The molecule has 5 heteroatoms. The molecule has 2 aromatic rings. The predicted molar refractivity (Wildman–Crippen MR) is 97.6 cm³/mol. The highest BCUT2D eigenvalue weighted by Crippen LogP contribution is 2.18. The van der Waals surface area contributed by atoms with Gasteiger partial charge in [0.25, 0.3) is 0 Å². The lowest BCUT2D eigenvalue weighted by Gasteiger charge is -2.11. The molecule has 4 nitrogen and oxygen atoms in total. The smallest absolute Gasteiger partial charge is 0.243 e. The third-order valence-corrected chi connectivity index (χ3v) is 2.93. The fourth-order valence-corrected chi connectivity index (χ4v) is 1.87. The molecule has 0 atom stereocenters. The van der Waals surface area contributed by atoms with Crippen molar-refractivity contribution in [1.29, 1.82) is 0 Å². The Labute approximate surface area is 143 Å². The number of ether oxygens (including phenoxy) is 1. The lowest BCUT2D eigenvalue weighted by atomic mass is 10.2. The molecule has 0 aliphatic carbocycles. The summed E-state index contributed by atoms with van der Waals surface area (Å²) in [5, 5.41) is 5.93. The van der Waals surface area contributed by atoms with Crippen LogP contribution in [0.5, 0.6) is 5.75 Å². The fourth-order valence-electron chi connectivity index (χ4n) is 1.87. The van der Waals surface area contributed by atoms with Crippen molar-refractivity contribution < 1.29 is 9.53 Å². The second-order valence-electron chi connectivity index (χ2n) is 5.50. The summed E-state index contributed by atoms with van der Waals surface area (Å²) < 4.78 is 5.65. The Morgan fingerprint density at radius 3 is 2.43 bits per heavy atom. The Bertz CT molecular complexity index is 603. The predicted octanol–water partition coefficient (Wildman–Crippen LogP) is 4.19. The summed E-state index contributed by atoms with van der Waals surface area (Å²) in [4.78, 5) is 11.9. The van der Waals surface area contributed by atoms with Crippen LogP contribution in [0.4, 0.5) is 11.4 Å². The number of benzene rings is 2. The molecule has 0 fully saturated rings. The summed E-state index contributed by atoms with van der Waals surface area (Å²) in [5.41, 5.74) is 1.66. The zero-order valence-corrected chi connectivity index (χ0v) is 14.2. The maximum absolute atomic E-state index is 11.9. The van der Waals surface area contributed by atoms with E-state index in [9.17, 15) is 4.79 Å². The Morgan fingerprint density at radius 1 is 1.04 bits per heavy atom. The summed E-state index contributed by atoms with van der Waals surface area (Å²) >= 11 is 0. The monoisotopic (exact) mass is 334 g/mol. The Hall–Kier alpha value is -2.20. The average Bonchev–Trinajstić information content (AvgIpc) is 2.52. The van der Waals surface area contributed by atoms with Gasteiger partial charge in [-0.25, -0.2) is 0 Å². The number of nitrogens with one attached hydrogen (secondary N) is 2. The highest BCUT2D eigenvalue weighted by atomic mass is 35.5. The average molecular weight is 335 g/mol. The molecule has 0 bridgehead atoms. The molecule has 0 aliphatic rings. The van der Waals surface area contributed by atoms with Gasteiger partial charge in [0.2, 0.25) is 5.91 Å². The van der Waals surface area contributed by atoms with E-state index in [1.54, 1.807) is 0 Å². The number of carbonyl (C=O) groups is 1. The van der Waals surface area contributed by atoms with Crippen LogP contribution >= 0.6 is 12.4 Å². The maximum Gasteiger partial charge on any atom is 0.243 e. The van der Waals surface area contributed by atoms with E-state index in [-0.39, 0.29) is 24.9 Å². The lowest BCUT2D eigenvalue weighted by molar-refractivity contribution is -0.114. The van der Waals surface area contributed by atoms with Gasteiger partial charge in [0, 0.05) is 17.4 Å². The molecule has 1 amide bonds. The van der Waals surface area contributed by atoms with E-state index in [1.807, 2.05) is 54.6 Å². The molecular weight excluding hydrogens is 312 g/mol. The molecule has 2 rings (SSSR count). The van der Waals surface area contributed by atoms with Gasteiger partial charge in [-0.2, -0.15) is 0 Å². The molecule has 0 unspecified atom stereocenters. The number of rotatable bonds is 7. The number of carbonyl (C=O) groups excluding carboxylic acids is 1.